The van der Waals surface area contributed by atoms with Gasteiger partial charge in [-0.1, -0.05) is 12.1 Å². The summed E-state index contributed by atoms with van der Waals surface area (Å²) in [4.78, 5) is 16.4. The van der Waals surface area contributed by atoms with Crippen LogP contribution in [0.5, 0.6) is 0 Å². The molecular weight excluding hydrogens is 410 g/mol. The van der Waals surface area contributed by atoms with E-state index in [1.807, 2.05) is 0 Å². The number of piperidine rings is 1. The summed E-state index contributed by atoms with van der Waals surface area (Å²) in [6.45, 7) is 1.67. The predicted octanol–water partition coefficient (Wildman–Crippen LogP) is 4.15. The molecule has 10 heteroatoms. The number of nitrogens with zero attached hydrogens (tertiary/aromatic N) is 1. The number of carbonyl (C=O) groups is 1. The van der Waals surface area contributed by atoms with E-state index in [4.69, 9.17) is 0 Å². The van der Waals surface area contributed by atoms with Crippen molar-refractivity contribution in [3.8, 4) is 10.6 Å². The van der Waals surface area contributed by atoms with Gasteiger partial charge in [0.1, 0.15) is 10.7 Å². The number of halogens is 5. The SMILES string of the molecule is Cl.Cl.O=C(N[C@H]1CCCNC1)c1csc(-c2cccc(C(F)(F)F)c2)n1. The molecule has 1 aliphatic heterocycles. The minimum atomic E-state index is -4.40. The van der Waals surface area contributed by atoms with Crippen molar-refractivity contribution in [1.82, 2.24) is 15.6 Å². The molecule has 26 heavy (non-hydrogen) atoms. The van der Waals surface area contributed by atoms with Crippen molar-refractivity contribution in [3.05, 3.63) is 40.9 Å². The number of amides is 1. The number of aromatic nitrogens is 1. The number of carbonyl (C=O) groups excluding carboxylic acids is 1. The van der Waals surface area contributed by atoms with Gasteiger partial charge in [-0.15, -0.1) is 36.2 Å². The molecule has 2 N–H and O–H groups in total. The van der Waals surface area contributed by atoms with Crippen molar-refractivity contribution in [2.45, 2.75) is 25.1 Å². The molecule has 0 saturated carbocycles. The lowest BCUT2D eigenvalue weighted by Gasteiger charge is -2.23. The molecule has 3 rings (SSSR count). The Morgan fingerprint density at radius 1 is 1.31 bits per heavy atom. The fourth-order valence-corrected chi connectivity index (χ4v) is 3.37. The summed E-state index contributed by atoms with van der Waals surface area (Å²) in [7, 11) is 0. The minimum Gasteiger partial charge on any atom is -0.347 e. The number of alkyl halides is 3. The summed E-state index contributed by atoms with van der Waals surface area (Å²) in [5.74, 6) is -0.293. The van der Waals surface area contributed by atoms with Gasteiger partial charge in [0.25, 0.3) is 5.91 Å². The molecule has 0 aliphatic carbocycles. The Balaban J connectivity index is 0.00000169. The van der Waals surface area contributed by atoms with Crippen molar-refractivity contribution >= 4 is 42.1 Å². The van der Waals surface area contributed by atoms with E-state index in [1.165, 1.54) is 6.07 Å². The Hall–Kier alpha value is -1.35. The van der Waals surface area contributed by atoms with Crippen molar-refractivity contribution < 1.29 is 18.0 Å². The summed E-state index contributed by atoms with van der Waals surface area (Å²) in [5, 5.41) is 8.07. The van der Waals surface area contributed by atoms with Gasteiger partial charge in [-0.3, -0.25) is 4.79 Å². The lowest BCUT2D eigenvalue weighted by atomic mass is 10.1. The maximum Gasteiger partial charge on any atom is 0.416 e. The van der Waals surface area contributed by atoms with Crippen molar-refractivity contribution in [3.63, 3.8) is 0 Å². The van der Waals surface area contributed by atoms with E-state index >= 15 is 0 Å². The first kappa shape index (κ1) is 22.7. The highest BCUT2D eigenvalue weighted by Crippen LogP contribution is 2.33. The monoisotopic (exact) mass is 427 g/mol. The summed E-state index contributed by atoms with van der Waals surface area (Å²) in [6, 6.07) is 5.02. The molecule has 4 nitrogen and oxygen atoms in total. The summed E-state index contributed by atoms with van der Waals surface area (Å²) < 4.78 is 38.4. The van der Waals surface area contributed by atoms with Crippen LogP contribution in [0, 0.1) is 0 Å². The first-order chi connectivity index (χ1) is 11.4. The molecule has 1 aromatic carbocycles. The van der Waals surface area contributed by atoms with Gasteiger partial charge in [0, 0.05) is 23.5 Å². The molecule has 2 aromatic rings. The van der Waals surface area contributed by atoms with Gasteiger partial charge in [0.15, 0.2) is 0 Å². The normalized spacial score (nSPS) is 17.0. The minimum absolute atomic E-state index is 0. The standard InChI is InChI=1S/C16H16F3N3OS.2ClH/c17-16(18,19)11-4-1-3-10(7-11)15-22-13(9-24-15)14(23)21-12-5-2-6-20-8-12;;/h1,3-4,7,9,12,20H,2,5-6,8H2,(H,21,23);2*1H/t12-;;/m0../s1. The fraction of sp³-hybridized carbons (Fsp3) is 0.375. The van der Waals surface area contributed by atoms with Gasteiger partial charge < -0.3 is 10.6 Å². The van der Waals surface area contributed by atoms with Gasteiger partial charge in [-0.25, -0.2) is 4.98 Å². The largest absolute Gasteiger partial charge is 0.416 e. The molecule has 0 bridgehead atoms. The second kappa shape index (κ2) is 9.55. The van der Waals surface area contributed by atoms with Gasteiger partial charge in [-0.2, -0.15) is 13.2 Å². The molecule has 1 saturated heterocycles. The van der Waals surface area contributed by atoms with Crippen LogP contribution in [0.2, 0.25) is 0 Å². The molecule has 1 fully saturated rings. The predicted molar refractivity (Wildman–Crippen MR) is 100 cm³/mol. The van der Waals surface area contributed by atoms with E-state index in [0.29, 0.717) is 10.6 Å². The second-order valence-corrected chi connectivity index (χ2v) is 6.49. The quantitative estimate of drug-likeness (QED) is 0.773. The second-order valence-electron chi connectivity index (χ2n) is 5.63. The van der Waals surface area contributed by atoms with Gasteiger partial charge in [0.2, 0.25) is 0 Å². The molecular formula is C16H18Cl2F3N3OS. The Morgan fingerprint density at radius 2 is 2.08 bits per heavy atom. The molecule has 1 aliphatic rings. The number of hydrogen-bond acceptors (Lipinski definition) is 4. The number of benzene rings is 1. The Bertz CT molecular complexity index is 734. The maximum absolute atomic E-state index is 12.8. The molecule has 1 amide bonds. The number of hydrogen-bond donors (Lipinski definition) is 2. The number of thiazole rings is 1. The van der Waals surface area contributed by atoms with E-state index in [1.54, 1.807) is 11.4 Å². The first-order valence-corrected chi connectivity index (χ1v) is 8.46. The van der Waals surface area contributed by atoms with Crippen LogP contribution in [-0.4, -0.2) is 30.0 Å². The van der Waals surface area contributed by atoms with Gasteiger partial charge >= 0.3 is 6.18 Å². The van der Waals surface area contributed by atoms with Crippen LogP contribution in [0.15, 0.2) is 29.6 Å². The van der Waals surface area contributed by atoms with E-state index in [9.17, 15) is 18.0 Å². The van der Waals surface area contributed by atoms with Gasteiger partial charge in [-0.05, 0) is 31.5 Å². The molecule has 144 valence electrons. The third kappa shape index (κ3) is 5.57. The molecule has 0 spiro atoms. The Morgan fingerprint density at radius 3 is 2.73 bits per heavy atom. The van der Waals surface area contributed by atoms with Crippen LogP contribution >= 0.6 is 36.2 Å². The van der Waals surface area contributed by atoms with Crippen LogP contribution < -0.4 is 10.6 Å². The van der Waals surface area contributed by atoms with E-state index in [0.717, 1.165) is 49.4 Å². The molecule has 0 radical (unpaired) electrons. The van der Waals surface area contributed by atoms with Crippen molar-refractivity contribution in [2.75, 3.05) is 13.1 Å². The van der Waals surface area contributed by atoms with E-state index in [-0.39, 0.29) is 42.5 Å². The fourth-order valence-electron chi connectivity index (χ4n) is 2.57. The van der Waals surface area contributed by atoms with Gasteiger partial charge in [0.05, 0.1) is 5.56 Å². The van der Waals surface area contributed by atoms with Crippen LogP contribution in [0.4, 0.5) is 13.2 Å². The average molecular weight is 428 g/mol. The smallest absolute Gasteiger partial charge is 0.347 e. The highest BCUT2D eigenvalue weighted by molar-refractivity contribution is 7.13. The zero-order valence-corrected chi connectivity index (χ0v) is 16.0. The molecule has 2 heterocycles. The van der Waals surface area contributed by atoms with Crippen LogP contribution in [-0.2, 0) is 6.18 Å². The first-order valence-electron chi connectivity index (χ1n) is 7.58. The zero-order chi connectivity index (χ0) is 17.2. The van der Waals surface area contributed by atoms with Crippen molar-refractivity contribution in [2.24, 2.45) is 0 Å². The number of rotatable bonds is 3. The highest BCUT2D eigenvalue weighted by atomic mass is 35.5. The summed E-state index contributed by atoms with van der Waals surface area (Å²) in [6.07, 6.45) is -2.50. The zero-order valence-electron chi connectivity index (χ0n) is 13.5. The Kier molecular flexibility index (Phi) is 8.33. The molecule has 1 aromatic heterocycles. The third-order valence-corrected chi connectivity index (χ3v) is 4.70. The topological polar surface area (TPSA) is 54.0 Å². The van der Waals surface area contributed by atoms with Crippen LogP contribution in [0.3, 0.4) is 0 Å². The summed E-state index contributed by atoms with van der Waals surface area (Å²) in [5.41, 5.74) is -0.138. The average Bonchev–Trinajstić information content (AvgIpc) is 3.05. The van der Waals surface area contributed by atoms with E-state index < -0.39 is 11.7 Å². The van der Waals surface area contributed by atoms with E-state index in [2.05, 4.69) is 15.6 Å². The third-order valence-electron chi connectivity index (χ3n) is 3.81. The highest BCUT2D eigenvalue weighted by Gasteiger charge is 2.30. The Labute approximate surface area is 165 Å². The van der Waals surface area contributed by atoms with Crippen molar-refractivity contribution in [1.29, 1.82) is 0 Å². The number of nitrogens with one attached hydrogen (secondary N) is 2. The van der Waals surface area contributed by atoms with Crippen LogP contribution in [0.25, 0.3) is 10.6 Å². The maximum atomic E-state index is 12.8. The molecule has 0 unspecified atom stereocenters. The molecule has 1 atom stereocenters. The van der Waals surface area contributed by atoms with Crippen LogP contribution in [0.1, 0.15) is 28.9 Å². The summed E-state index contributed by atoms with van der Waals surface area (Å²) >= 11 is 1.16. The lowest BCUT2D eigenvalue weighted by Crippen LogP contribution is -2.45. The lowest BCUT2D eigenvalue weighted by molar-refractivity contribution is -0.137.